The molecule has 0 amide bonds. The number of benzene rings is 3. The van der Waals surface area contributed by atoms with Crippen LogP contribution in [-0.4, -0.2) is 14.6 Å². The summed E-state index contributed by atoms with van der Waals surface area (Å²) in [6.07, 6.45) is 1.99. The quantitative estimate of drug-likeness (QED) is 0.269. The number of hydrogen-bond acceptors (Lipinski definition) is 1. The molecule has 33 heavy (non-hydrogen) atoms. The van der Waals surface area contributed by atoms with Crippen molar-refractivity contribution in [1.29, 1.82) is 0 Å². The van der Waals surface area contributed by atoms with Gasteiger partial charge >= 0.3 is 0 Å². The van der Waals surface area contributed by atoms with Gasteiger partial charge in [-0.1, -0.05) is 65.7 Å². The van der Waals surface area contributed by atoms with Crippen LogP contribution in [0.2, 0.25) is 10.0 Å². The van der Waals surface area contributed by atoms with Crippen LogP contribution in [0.15, 0.2) is 91.1 Å². The summed E-state index contributed by atoms with van der Waals surface area (Å²) in [5.74, 6) is -0.344. The molecule has 0 radical (unpaired) electrons. The number of anilines is 1. The summed E-state index contributed by atoms with van der Waals surface area (Å²) in [7, 11) is 0. The van der Waals surface area contributed by atoms with E-state index in [9.17, 15) is 4.39 Å². The average Bonchev–Trinajstić information content (AvgIpc) is 3.22. The Morgan fingerprint density at radius 2 is 1.73 bits per heavy atom. The topological polar surface area (TPSA) is 20.2 Å². The smallest absolute Gasteiger partial charge is 0.174 e. The van der Waals surface area contributed by atoms with E-state index < -0.39 is 0 Å². The van der Waals surface area contributed by atoms with E-state index in [1.807, 2.05) is 54.7 Å². The first-order valence-corrected chi connectivity index (χ1v) is 11.6. The van der Waals surface area contributed by atoms with Crippen LogP contribution in [0.25, 0.3) is 0 Å². The van der Waals surface area contributed by atoms with Crippen LogP contribution >= 0.6 is 35.4 Å². The molecule has 7 heteroatoms. The number of aromatic nitrogens is 1. The molecule has 3 nitrogen and oxygen atoms in total. The molecule has 1 N–H and O–H groups in total. The van der Waals surface area contributed by atoms with Crippen molar-refractivity contribution in [2.75, 3.05) is 5.32 Å². The highest BCUT2D eigenvalue weighted by Crippen LogP contribution is 2.21. The third-order valence-corrected chi connectivity index (χ3v) is 6.16. The predicted molar refractivity (Wildman–Crippen MR) is 138 cm³/mol. The van der Waals surface area contributed by atoms with E-state index in [1.54, 1.807) is 6.07 Å². The lowest BCUT2D eigenvalue weighted by molar-refractivity contribution is 0.399. The van der Waals surface area contributed by atoms with E-state index in [4.69, 9.17) is 35.4 Å². The van der Waals surface area contributed by atoms with Crippen LogP contribution in [0.4, 0.5) is 10.1 Å². The van der Waals surface area contributed by atoms with Crippen molar-refractivity contribution >= 4 is 46.2 Å². The molecule has 4 rings (SSSR count). The first-order valence-electron chi connectivity index (χ1n) is 10.4. The summed E-state index contributed by atoms with van der Waals surface area (Å²) < 4.78 is 15.5. The second kappa shape index (κ2) is 10.8. The fourth-order valence-corrected chi connectivity index (χ4v) is 4.21. The molecule has 0 atom stereocenters. The summed E-state index contributed by atoms with van der Waals surface area (Å²) in [6.45, 7) is 1.75. The number of rotatable bonds is 7. The maximum atomic E-state index is 13.4. The molecule has 0 aliphatic carbocycles. The van der Waals surface area contributed by atoms with Gasteiger partial charge in [-0.2, -0.15) is 0 Å². The van der Waals surface area contributed by atoms with Gasteiger partial charge in [0.05, 0.1) is 6.54 Å². The van der Waals surface area contributed by atoms with Crippen molar-refractivity contribution in [1.82, 2.24) is 9.47 Å². The standard InChI is InChI=1S/C26H22Cl2FN3S/c27-21-8-4-9-23(14-21)30-26(33)32(16-19-6-2-1-3-7-19)18-24-10-5-13-31(24)17-20-11-12-22(29)15-25(20)28/h1-15H,16-18H2,(H,30,33). The minimum atomic E-state index is -0.344. The molecule has 1 heterocycles. The van der Waals surface area contributed by atoms with Crippen LogP contribution in [0, 0.1) is 5.82 Å². The van der Waals surface area contributed by atoms with Gasteiger partial charge in [-0.05, 0) is 65.8 Å². The van der Waals surface area contributed by atoms with Gasteiger partial charge < -0.3 is 14.8 Å². The largest absolute Gasteiger partial charge is 0.345 e. The summed E-state index contributed by atoms with van der Waals surface area (Å²) in [5.41, 5.74) is 3.89. The molecule has 3 aromatic carbocycles. The highest BCUT2D eigenvalue weighted by molar-refractivity contribution is 7.80. The lowest BCUT2D eigenvalue weighted by Crippen LogP contribution is -2.34. The van der Waals surface area contributed by atoms with Crippen molar-refractivity contribution < 1.29 is 4.39 Å². The predicted octanol–water partition coefficient (Wildman–Crippen LogP) is 7.38. The third kappa shape index (κ3) is 6.35. The fraction of sp³-hybridized carbons (Fsp3) is 0.115. The number of halogens is 3. The Morgan fingerprint density at radius 3 is 2.48 bits per heavy atom. The van der Waals surface area contributed by atoms with Gasteiger partial charge in [-0.25, -0.2) is 4.39 Å². The van der Waals surface area contributed by atoms with Gasteiger partial charge in [-0.3, -0.25) is 0 Å². The average molecular weight is 498 g/mol. The first-order chi connectivity index (χ1) is 16.0. The zero-order valence-electron chi connectivity index (χ0n) is 17.7. The summed E-state index contributed by atoms with van der Waals surface area (Å²) >= 11 is 18.2. The van der Waals surface area contributed by atoms with Crippen molar-refractivity contribution in [3.63, 3.8) is 0 Å². The van der Waals surface area contributed by atoms with E-state index in [1.165, 1.54) is 12.1 Å². The molecule has 0 aliphatic rings. The monoisotopic (exact) mass is 497 g/mol. The van der Waals surface area contributed by atoms with Gasteiger partial charge in [0.2, 0.25) is 0 Å². The SMILES string of the molecule is Fc1ccc(Cn2cccc2CN(Cc2ccccc2)C(=S)Nc2cccc(Cl)c2)c(Cl)c1. The Kier molecular flexibility index (Phi) is 7.65. The van der Waals surface area contributed by atoms with Crippen LogP contribution in [0.1, 0.15) is 16.8 Å². The van der Waals surface area contributed by atoms with Gasteiger partial charge in [0.25, 0.3) is 0 Å². The summed E-state index contributed by atoms with van der Waals surface area (Å²) in [4.78, 5) is 2.10. The number of nitrogens with zero attached hydrogens (tertiary/aromatic N) is 2. The fourth-order valence-electron chi connectivity index (χ4n) is 3.55. The van der Waals surface area contributed by atoms with E-state index in [-0.39, 0.29) is 5.82 Å². The van der Waals surface area contributed by atoms with Crippen molar-refractivity contribution in [2.24, 2.45) is 0 Å². The number of nitrogens with one attached hydrogen (secondary N) is 1. The molecule has 168 valence electrons. The molecule has 0 bridgehead atoms. The highest BCUT2D eigenvalue weighted by atomic mass is 35.5. The van der Waals surface area contributed by atoms with E-state index in [0.29, 0.717) is 34.8 Å². The van der Waals surface area contributed by atoms with Gasteiger partial charge in [-0.15, -0.1) is 0 Å². The molecule has 1 aromatic heterocycles. The third-order valence-electron chi connectivity index (χ3n) is 5.21. The van der Waals surface area contributed by atoms with Crippen molar-refractivity contribution in [2.45, 2.75) is 19.6 Å². The van der Waals surface area contributed by atoms with Crippen molar-refractivity contribution in [3.05, 3.63) is 124 Å². The van der Waals surface area contributed by atoms with E-state index in [0.717, 1.165) is 22.5 Å². The first kappa shape index (κ1) is 23.3. The lowest BCUT2D eigenvalue weighted by Gasteiger charge is -2.27. The van der Waals surface area contributed by atoms with Crippen LogP contribution in [0.5, 0.6) is 0 Å². The number of hydrogen-bond donors (Lipinski definition) is 1. The molecule has 0 spiro atoms. The van der Waals surface area contributed by atoms with E-state index >= 15 is 0 Å². The molecule has 0 saturated carbocycles. The molecule has 4 aromatic rings. The molecular weight excluding hydrogens is 476 g/mol. The zero-order valence-corrected chi connectivity index (χ0v) is 20.0. The van der Waals surface area contributed by atoms with Crippen LogP contribution in [-0.2, 0) is 19.6 Å². The Morgan fingerprint density at radius 1 is 0.909 bits per heavy atom. The second-order valence-corrected chi connectivity index (χ2v) is 8.88. The van der Waals surface area contributed by atoms with Crippen LogP contribution < -0.4 is 5.32 Å². The van der Waals surface area contributed by atoms with Gasteiger partial charge in [0.1, 0.15) is 5.82 Å². The minimum Gasteiger partial charge on any atom is -0.345 e. The van der Waals surface area contributed by atoms with Gasteiger partial charge in [0.15, 0.2) is 5.11 Å². The molecule has 0 aliphatic heterocycles. The summed E-state index contributed by atoms with van der Waals surface area (Å²) in [6, 6.07) is 26.2. The highest BCUT2D eigenvalue weighted by Gasteiger charge is 2.15. The Bertz CT molecular complexity index is 1240. The number of thiocarbonyl (C=S) groups is 1. The Hall–Kier alpha value is -2.86. The van der Waals surface area contributed by atoms with E-state index in [2.05, 4.69) is 33.0 Å². The maximum absolute atomic E-state index is 13.4. The molecule has 0 saturated heterocycles. The summed E-state index contributed by atoms with van der Waals surface area (Å²) in [5, 5.41) is 4.94. The van der Waals surface area contributed by atoms with Gasteiger partial charge in [0, 0.05) is 40.7 Å². The minimum absolute atomic E-state index is 0.344. The maximum Gasteiger partial charge on any atom is 0.174 e. The normalized spacial score (nSPS) is 10.8. The lowest BCUT2D eigenvalue weighted by atomic mass is 10.2. The molecular formula is C26H22Cl2FN3S. The second-order valence-electron chi connectivity index (χ2n) is 7.65. The molecule has 0 fully saturated rings. The Balaban J connectivity index is 1.56. The molecule has 0 unspecified atom stereocenters. The Labute approximate surface area is 208 Å². The van der Waals surface area contributed by atoms with Crippen LogP contribution in [0.3, 0.4) is 0 Å². The zero-order chi connectivity index (χ0) is 23.2. The van der Waals surface area contributed by atoms with Crippen molar-refractivity contribution in [3.8, 4) is 0 Å².